The van der Waals surface area contributed by atoms with Crippen molar-refractivity contribution in [3.63, 3.8) is 0 Å². The van der Waals surface area contributed by atoms with Crippen molar-refractivity contribution >= 4 is 6.09 Å². The maximum atomic E-state index is 10.4. The molecule has 0 saturated carbocycles. The molecule has 1 amide bonds. The van der Waals surface area contributed by atoms with Gasteiger partial charge < -0.3 is 10.1 Å². The van der Waals surface area contributed by atoms with Crippen molar-refractivity contribution in [1.82, 2.24) is 5.32 Å². The summed E-state index contributed by atoms with van der Waals surface area (Å²) in [6, 6.07) is 0. The summed E-state index contributed by atoms with van der Waals surface area (Å²) < 4.78 is 4.57. The summed E-state index contributed by atoms with van der Waals surface area (Å²) in [5, 5.41) is 2.51. The van der Waals surface area contributed by atoms with E-state index in [9.17, 15) is 4.79 Å². The third-order valence-electron chi connectivity index (χ3n) is 0.722. The summed E-state index contributed by atoms with van der Waals surface area (Å²) in [5.41, 5.74) is 0. The van der Waals surface area contributed by atoms with Gasteiger partial charge >= 0.3 is 6.09 Å². The first-order chi connectivity index (χ1) is 4.31. The second-order valence-electron chi connectivity index (χ2n) is 1.50. The van der Waals surface area contributed by atoms with Crippen LogP contribution in [-0.2, 0) is 4.74 Å². The topological polar surface area (TPSA) is 38.3 Å². The van der Waals surface area contributed by atoms with Gasteiger partial charge in [-0.15, -0.1) is 0 Å². The van der Waals surface area contributed by atoms with E-state index in [-0.39, 0.29) is 6.09 Å². The fourth-order valence-corrected chi connectivity index (χ4v) is 0.373. The summed E-state index contributed by atoms with van der Waals surface area (Å²) in [6.07, 6.45) is 0.333. The smallest absolute Gasteiger partial charge is 0.407 e. The molecule has 0 aliphatic carbocycles. The average Bonchev–Trinajstić information content (AvgIpc) is 1.85. The van der Waals surface area contributed by atoms with Crippen LogP contribution < -0.4 is 5.32 Å². The molecule has 0 fully saturated rings. The molecule has 3 nitrogen and oxygen atoms in total. The molecule has 0 rings (SSSR count). The van der Waals surface area contributed by atoms with Gasteiger partial charge in [0.15, 0.2) is 0 Å². The lowest BCUT2D eigenvalue weighted by molar-refractivity contribution is 0.152. The molecule has 0 heterocycles. The number of nitrogens with one attached hydrogen (secondary N) is 1. The molecule has 0 aliphatic heterocycles. The van der Waals surface area contributed by atoms with Crippen LogP contribution in [0.3, 0.4) is 0 Å². The summed E-state index contributed by atoms with van der Waals surface area (Å²) in [6.45, 7) is 6.32. The first-order valence-corrected chi connectivity index (χ1v) is 3.01. The lowest BCUT2D eigenvalue weighted by Crippen LogP contribution is -2.24. The van der Waals surface area contributed by atoms with E-state index in [0.29, 0.717) is 19.6 Å². The molecule has 0 aliphatic rings. The predicted molar refractivity (Wildman–Crippen MR) is 35.0 cm³/mol. The van der Waals surface area contributed by atoms with Crippen LogP contribution in [0.4, 0.5) is 4.79 Å². The van der Waals surface area contributed by atoms with Crippen molar-refractivity contribution in [2.75, 3.05) is 13.2 Å². The maximum Gasteiger partial charge on any atom is 0.407 e. The second kappa shape index (κ2) is 5.41. The monoisotopic (exact) mass is 130 g/mol. The first kappa shape index (κ1) is 8.27. The van der Waals surface area contributed by atoms with Gasteiger partial charge in [-0.1, -0.05) is 6.92 Å². The van der Waals surface area contributed by atoms with Gasteiger partial charge in [0.1, 0.15) is 0 Å². The Bertz CT molecular complexity index is 83.1. The van der Waals surface area contributed by atoms with E-state index in [4.69, 9.17) is 0 Å². The predicted octanol–water partition coefficient (Wildman–Crippen LogP) is 0.957. The highest BCUT2D eigenvalue weighted by atomic mass is 16.5. The highest BCUT2D eigenvalue weighted by Crippen LogP contribution is 1.76. The van der Waals surface area contributed by atoms with Crippen LogP contribution >= 0.6 is 0 Å². The minimum atomic E-state index is -0.360. The van der Waals surface area contributed by atoms with E-state index < -0.39 is 0 Å². The average molecular weight is 130 g/mol. The van der Waals surface area contributed by atoms with Gasteiger partial charge in [-0.05, 0) is 13.3 Å². The third-order valence-corrected chi connectivity index (χ3v) is 0.722. The fraction of sp³-hybridized carbons (Fsp3) is 0.667. The Morgan fingerprint density at radius 3 is 2.89 bits per heavy atom. The highest BCUT2D eigenvalue weighted by molar-refractivity contribution is 5.66. The van der Waals surface area contributed by atoms with E-state index in [0.717, 1.165) is 0 Å². The molecular weight excluding hydrogens is 118 g/mol. The highest BCUT2D eigenvalue weighted by Gasteiger charge is 1.94. The summed E-state index contributed by atoms with van der Waals surface area (Å²) in [4.78, 5) is 10.4. The van der Waals surface area contributed by atoms with Gasteiger partial charge in [-0.3, -0.25) is 0 Å². The number of hydrogen-bond donors (Lipinski definition) is 1. The molecule has 1 radical (unpaired) electrons. The molecular formula is C6H12NO2. The number of carbonyl (C=O) groups is 1. The van der Waals surface area contributed by atoms with E-state index in [1.54, 1.807) is 6.92 Å². The Morgan fingerprint density at radius 1 is 1.78 bits per heavy atom. The molecule has 0 atom stereocenters. The maximum absolute atomic E-state index is 10.4. The van der Waals surface area contributed by atoms with Crippen molar-refractivity contribution < 1.29 is 9.53 Å². The van der Waals surface area contributed by atoms with Crippen LogP contribution in [0.15, 0.2) is 0 Å². The molecule has 0 aromatic rings. The second-order valence-corrected chi connectivity index (χ2v) is 1.50. The van der Waals surface area contributed by atoms with Crippen LogP contribution in [0.25, 0.3) is 0 Å². The lowest BCUT2D eigenvalue weighted by atomic mass is 10.5. The summed E-state index contributed by atoms with van der Waals surface area (Å²) in [5.74, 6) is 0. The van der Waals surface area contributed by atoms with Crippen molar-refractivity contribution in [3.8, 4) is 0 Å². The van der Waals surface area contributed by atoms with Crippen molar-refractivity contribution in [2.24, 2.45) is 0 Å². The zero-order valence-electron chi connectivity index (χ0n) is 5.64. The normalized spacial score (nSPS) is 8.67. The number of ether oxygens (including phenoxy) is 1. The molecule has 0 spiro atoms. The lowest BCUT2D eigenvalue weighted by Gasteiger charge is -2.01. The van der Waals surface area contributed by atoms with Crippen molar-refractivity contribution in [1.29, 1.82) is 0 Å². The Morgan fingerprint density at radius 2 is 2.44 bits per heavy atom. The molecule has 53 valence electrons. The van der Waals surface area contributed by atoms with Crippen LogP contribution in [0.2, 0.25) is 0 Å². The quantitative estimate of drug-likeness (QED) is 0.617. The molecule has 0 bridgehead atoms. The van der Waals surface area contributed by atoms with E-state index in [1.807, 2.05) is 0 Å². The van der Waals surface area contributed by atoms with Gasteiger partial charge in [0.05, 0.1) is 6.61 Å². The first-order valence-electron chi connectivity index (χ1n) is 3.01. The van der Waals surface area contributed by atoms with Crippen LogP contribution in [0, 0.1) is 6.92 Å². The van der Waals surface area contributed by atoms with E-state index in [1.165, 1.54) is 0 Å². The van der Waals surface area contributed by atoms with Gasteiger partial charge in [-0.25, -0.2) is 4.79 Å². The molecule has 3 heteroatoms. The number of carbonyl (C=O) groups excluding carboxylic acids is 1. The Balaban J connectivity index is 3.06. The van der Waals surface area contributed by atoms with Gasteiger partial charge in [-0.2, -0.15) is 0 Å². The zero-order valence-corrected chi connectivity index (χ0v) is 5.64. The summed E-state index contributed by atoms with van der Waals surface area (Å²) >= 11 is 0. The minimum absolute atomic E-state index is 0.360. The number of rotatable bonds is 3. The van der Waals surface area contributed by atoms with Crippen molar-refractivity contribution in [2.45, 2.75) is 13.3 Å². The van der Waals surface area contributed by atoms with Crippen LogP contribution in [0.1, 0.15) is 13.3 Å². The standard InChI is InChI=1S/C6H12NO2/c1-3-5-7-6(8)9-4-2/h1,3-5H2,2H3,(H,7,8). The van der Waals surface area contributed by atoms with Crippen LogP contribution in [-0.4, -0.2) is 19.2 Å². The van der Waals surface area contributed by atoms with Crippen molar-refractivity contribution in [3.05, 3.63) is 6.92 Å². The Labute approximate surface area is 55.4 Å². The number of amides is 1. The molecule has 0 saturated heterocycles. The summed E-state index contributed by atoms with van der Waals surface area (Å²) in [7, 11) is 0. The third kappa shape index (κ3) is 5.14. The zero-order chi connectivity index (χ0) is 7.11. The minimum Gasteiger partial charge on any atom is -0.450 e. The number of alkyl carbamates (subject to hydrolysis) is 1. The van der Waals surface area contributed by atoms with Gasteiger partial charge in [0, 0.05) is 6.54 Å². The van der Waals surface area contributed by atoms with Gasteiger partial charge in [0.25, 0.3) is 0 Å². The fourth-order valence-electron chi connectivity index (χ4n) is 0.373. The largest absolute Gasteiger partial charge is 0.450 e. The van der Waals surface area contributed by atoms with Crippen LogP contribution in [0.5, 0.6) is 0 Å². The van der Waals surface area contributed by atoms with Gasteiger partial charge in [0.2, 0.25) is 0 Å². The molecule has 0 aromatic carbocycles. The SMILES string of the molecule is [CH2]CCNC(=O)OCC. The van der Waals surface area contributed by atoms with E-state index in [2.05, 4.69) is 17.0 Å². The Kier molecular flexibility index (Phi) is 4.97. The molecule has 9 heavy (non-hydrogen) atoms. The van der Waals surface area contributed by atoms with E-state index >= 15 is 0 Å². The molecule has 0 aromatic heterocycles. The number of hydrogen-bond acceptors (Lipinski definition) is 2. The molecule has 0 unspecified atom stereocenters. The molecule has 1 N–H and O–H groups in total. The Hall–Kier alpha value is -0.730.